The standard InChI is InChI=1S/C19H24N4O.3ClH/c1-13-19(20)22-17-10-15(6-9-18(17)24-13)12-21-11-14-4-7-16(8-5-14)23(2)3;;;/h4-10,21-22H,11-12,20H2,1-3H3;3*1H. The van der Waals surface area contributed by atoms with E-state index in [9.17, 15) is 0 Å². The number of halogens is 3. The molecule has 27 heavy (non-hydrogen) atoms. The fraction of sp³-hybridized carbons (Fsp3) is 0.263. The number of benzene rings is 2. The van der Waals surface area contributed by atoms with Crippen LogP contribution in [0.4, 0.5) is 11.4 Å². The Balaban J connectivity index is 0.00000225. The zero-order chi connectivity index (χ0) is 17.1. The average Bonchev–Trinajstić information content (AvgIpc) is 2.56. The van der Waals surface area contributed by atoms with Crippen LogP contribution >= 0.6 is 37.2 Å². The van der Waals surface area contributed by atoms with E-state index >= 15 is 0 Å². The van der Waals surface area contributed by atoms with E-state index in [0.717, 1.165) is 24.5 Å². The molecule has 0 spiro atoms. The van der Waals surface area contributed by atoms with E-state index in [0.29, 0.717) is 11.6 Å². The van der Waals surface area contributed by atoms with Gasteiger partial charge in [0.15, 0.2) is 5.75 Å². The zero-order valence-corrected chi connectivity index (χ0v) is 18.1. The van der Waals surface area contributed by atoms with Gasteiger partial charge < -0.3 is 26.0 Å². The van der Waals surface area contributed by atoms with E-state index in [1.807, 2.05) is 27.1 Å². The number of allylic oxidation sites excluding steroid dienone is 1. The van der Waals surface area contributed by atoms with Gasteiger partial charge in [0.2, 0.25) is 0 Å². The molecule has 0 amide bonds. The third kappa shape index (κ3) is 6.40. The SMILES string of the molecule is CC1=C(N)Nc2cc(CNCc3ccc(N(C)C)cc3)ccc2O1.Cl.Cl.Cl. The van der Waals surface area contributed by atoms with Gasteiger partial charge >= 0.3 is 0 Å². The number of rotatable bonds is 5. The molecule has 0 bridgehead atoms. The molecular weight excluding hydrogens is 407 g/mol. The molecule has 0 atom stereocenters. The van der Waals surface area contributed by atoms with Crippen LogP contribution in [0, 0.1) is 0 Å². The number of ether oxygens (including phenoxy) is 1. The number of fused-ring (bicyclic) bond motifs is 1. The van der Waals surface area contributed by atoms with Crippen molar-refractivity contribution in [3.8, 4) is 5.75 Å². The lowest BCUT2D eigenvalue weighted by Crippen LogP contribution is -2.19. The summed E-state index contributed by atoms with van der Waals surface area (Å²) in [5, 5.41) is 6.64. The number of anilines is 2. The molecule has 2 aromatic carbocycles. The minimum absolute atomic E-state index is 0. The first-order valence-corrected chi connectivity index (χ1v) is 8.04. The fourth-order valence-corrected chi connectivity index (χ4v) is 2.59. The highest BCUT2D eigenvalue weighted by Crippen LogP contribution is 2.31. The average molecular weight is 434 g/mol. The van der Waals surface area contributed by atoms with Gasteiger partial charge in [-0.1, -0.05) is 18.2 Å². The normalized spacial score (nSPS) is 11.7. The lowest BCUT2D eigenvalue weighted by molar-refractivity contribution is 0.415. The van der Waals surface area contributed by atoms with Gasteiger partial charge in [0.05, 0.1) is 5.69 Å². The molecule has 0 saturated heterocycles. The highest BCUT2D eigenvalue weighted by Gasteiger charge is 2.14. The third-order valence-electron chi connectivity index (χ3n) is 4.07. The van der Waals surface area contributed by atoms with Gasteiger partial charge in [0.25, 0.3) is 0 Å². The van der Waals surface area contributed by atoms with Crippen molar-refractivity contribution in [3.05, 3.63) is 65.2 Å². The van der Waals surface area contributed by atoms with E-state index in [1.54, 1.807) is 0 Å². The minimum atomic E-state index is 0. The Morgan fingerprint density at radius 2 is 1.56 bits per heavy atom. The Labute approximate surface area is 179 Å². The van der Waals surface area contributed by atoms with Crippen LogP contribution in [0.25, 0.3) is 0 Å². The van der Waals surface area contributed by atoms with Crippen molar-refractivity contribution in [2.45, 2.75) is 20.0 Å². The Morgan fingerprint density at radius 1 is 0.963 bits per heavy atom. The van der Waals surface area contributed by atoms with Gasteiger partial charge in [-0.15, -0.1) is 37.2 Å². The van der Waals surface area contributed by atoms with Gasteiger partial charge in [-0.25, -0.2) is 0 Å². The summed E-state index contributed by atoms with van der Waals surface area (Å²) in [5.41, 5.74) is 10.4. The number of nitrogens with one attached hydrogen (secondary N) is 2. The van der Waals surface area contributed by atoms with Crippen LogP contribution in [-0.2, 0) is 13.1 Å². The monoisotopic (exact) mass is 432 g/mol. The Morgan fingerprint density at radius 3 is 2.19 bits per heavy atom. The number of hydrogen-bond acceptors (Lipinski definition) is 5. The van der Waals surface area contributed by atoms with Crippen molar-refractivity contribution in [1.29, 1.82) is 0 Å². The molecule has 0 unspecified atom stereocenters. The molecule has 150 valence electrons. The molecule has 1 heterocycles. The van der Waals surface area contributed by atoms with Gasteiger partial charge in [0, 0.05) is 32.9 Å². The first-order chi connectivity index (χ1) is 11.5. The molecule has 0 aliphatic carbocycles. The van der Waals surface area contributed by atoms with Crippen LogP contribution < -0.4 is 26.0 Å². The van der Waals surface area contributed by atoms with Crippen LogP contribution in [0.2, 0.25) is 0 Å². The second-order valence-electron chi connectivity index (χ2n) is 6.19. The maximum absolute atomic E-state index is 5.88. The Kier molecular flexibility index (Phi) is 10.4. The van der Waals surface area contributed by atoms with Crippen LogP contribution in [-0.4, -0.2) is 14.1 Å². The molecular formula is C19H27Cl3N4O. The number of hydrogen-bond donors (Lipinski definition) is 3. The van der Waals surface area contributed by atoms with Crippen LogP contribution in [0.15, 0.2) is 54.0 Å². The molecule has 3 rings (SSSR count). The summed E-state index contributed by atoms with van der Waals surface area (Å²) in [6.45, 7) is 3.46. The van der Waals surface area contributed by atoms with Gasteiger partial charge in [0.1, 0.15) is 11.6 Å². The largest absolute Gasteiger partial charge is 0.456 e. The van der Waals surface area contributed by atoms with Gasteiger partial charge in [-0.3, -0.25) is 0 Å². The smallest absolute Gasteiger partial charge is 0.150 e. The summed E-state index contributed by atoms with van der Waals surface area (Å²) >= 11 is 0. The first-order valence-electron chi connectivity index (χ1n) is 8.04. The quantitative estimate of drug-likeness (QED) is 0.657. The van der Waals surface area contributed by atoms with E-state index in [2.05, 4.69) is 51.9 Å². The van der Waals surface area contributed by atoms with E-state index < -0.39 is 0 Å². The van der Waals surface area contributed by atoms with Crippen molar-refractivity contribution in [2.24, 2.45) is 5.73 Å². The maximum Gasteiger partial charge on any atom is 0.150 e. The highest BCUT2D eigenvalue weighted by atomic mass is 35.5. The zero-order valence-electron chi connectivity index (χ0n) is 15.6. The molecule has 0 saturated carbocycles. The molecule has 0 radical (unpaired) electrons. The summed E-state index contributed by atoms with van der Waals surface area (Å²) in [6, 6.07) is 14.7. The minimum Gasteiger partial charge on any atom is -0.456 e. The predicted molar refractivity (Wildman–Crippen MR) is 121 cm³/mol. The molecule has 0 aromatic heterocycles. The van der Waals surface area contributed by atoms with Crippen molar-refractivity contribution in [3.63, 3.8) is 0 Å². The third-order valence-corrected chi connectivity index (χ3v) is 4.07. The Bertz CT molecular complexity index is 764. The Hall–Kier alpha value is -1.79. The molecule has 4 N–H and O–H groups in total. The molecule has 1 aliphatic heterocycles. The summed E-state index contributed by atoms with van der Waals surface area (Å²) in [7, 11) is 4.09. The van der Waals surface area contributed by atoms with Crippen molar-refractivity contribution < 1.29 is 4.74 Å². The van der Waals surface area contributed by atoms with Gasteiger partial charge in [-0.05, 0) is 42.3 Å². The molecule has 5 nitrogen and oxygen atoms in total. The van der Waals surface area contributed by atoms with E-state index in [1.165, 1.54) is 16.8 Å². The fourth-order valence-electron chi connectivity index (χ4n) is 2.59. The summed E-state index contributed by atoms with van der Waals surface area (Å²) in [6.07, 6.45) is 0. The number of nitrogens with two attached hydrogens (primary N) is 1. The van der Waals surface area contributed by atoms with Gasteiger partial charge in [-0.2, -0.15) is 0 Å². The summed E-state index contributed by atoms with van der Waals surface area (Å²) in [5.74, 6) is 2.08. The van der Waals surface area contributed by atoms with E-state index in [-0.39, 0.29) is 37.2 Å². The lowest BCUT2D eigenvalue weighted by Gasteiger charge is -2.21. The number of nitrogens with zero attached hydrogens (tertiary/aromatic N) is 1. The second-order valence-corrected chi connectivity index (χ2v) is 6.19. The lowest BCUT2D eigenvalue weighted by atomic mass is 10.1. The van der Waals surface area contributed by atoms with Crippen LogP contribution in [0.3, 0.4) is 0 Å². The second kappa shape index (κ2) is 11.1. The summed E-state index contributed by atoms with van der Waals surface area (Å²) in [4.78, 5) is 2.10. The van der Waals surface area contributed by atoms with Crippen molar-refractivity contribution in [1.82, 2.24) is 5.32 Å². The predicted octanol–water partition coefficient (Wildman–Crippen LogP) is 4.26. The highest BCUT2D eigenvalue weighted by molar-refractivity contribution is 5.86. The molecule has 2 aromatic rings. The molecule has 0 fully saturated rings. The summed E-state index contributed by atoms with van der Waals surface area (Å²) < 4.78 is 5.67. The maximum atomic E-state index is 5.88. The van der Waals surface area contributed by atoms with Crippen molar-refractivity contribution in [2.75, 3.05) is 24.3 Å². The molecule has 8 heteroatoms. The topological polar surface area (TPSA) is 62.5 Å². The van der Waals surface area contributed by atoms with Crippen molar-refractivity contribution >= 4 is 48.6 Å². The van der Waals surface area contributed by atoms with Crippen LogP contribution in [0.1, 0.15) is 18.1 Å². The van der Waals surface area contributed by atoms with E-state index in [4.69, 9.17) is 10.5 Å². The first kappa shape index (κ1) is 25.2. The molecule has 1 aliphatic rings. The van der Waals surface area contributed by atoms with Crippen LogP contribution in [0.5, 0.6) is 5.75 Å².